The van der Waals surface area contributed by atoms with Gasteiger partial charge < -0.3 is 14.5 Å². The zero-order chi connectivity index (χ0) is 13.1. The monoisotopic (exact) mass is 269 g/mol. The first kappa shape index (κ1) is 13.1. The van der Waals surface area contributed by atoms with Crippen molar-refractivity contribution in [2.24, 2.45) is 0 Å². The summed E-state index contributed by atoms with van der Waals surface area (Å²) >= 11 is 1.72. The summed E-state index contributed by atoms with van der Waals surface area (Å²) in [4.78, 5) is 21.4. The van der Waals surface area contributed by atoms with E-state index in [0.717, 1.165) is 23.9 Å². The molecule has 0 atom stereocenters. The Kier molecular flexibility index (Phi) is 4.06. The van der Waals surface area contributed by atoms with Crippen LogP contribution in [0.3, 0.4) is 0 Å². The average Bonchev–Trinajstić information content (AvgIpc) is 2.70. The van der Waals surface area contributed by atoms with Gasteiger partial charge in [-0.15, -0.1) is 11.3 Å². The molecule has 1 amide bonds. The van der Waals surface area contributed by atoms with Crippen molar-refractivity contribution < 1.29 is 9.53 Å². The van der Waals surface area contributed by atoms with Crippen LogP contribution in [0, 0.1) is 13.8 Å². The normalized spacial score (nSPS) is 15.9. The molecule has 2 heterocycles. The van der Waals surface area contributed by atoms with Crippen LogP contribution in [0.15, 0.2) is 0 Å². The first-order chi connectivity index (χ1) is 8.61. The van der Waals surface area contributed by atoms with E-state index in [0.29, 0.717) is 19.7 Å². The number of anilines is 1. The first-order valence-electron chi connectivity index (χ1n) is 6.22. The third-order valence-corrected chi connectivity index (χ3v) is 4.23. The molecule has 0 aliphatic carbocycles. The maximum atomic E-state index is 11.6. The number of hydrogen-bond donors (Lipinski definition) is 0. The summed E-state index contributed by atoms with van der Waals surface area (Å²) in [6.07, 6.45) is -0.205. The van der Waals surface area contributed by atoms with E-state index in [1.807, 2.05) is 13.8 Å². The van der Waals surface area contributed by atoms with Gasteiger partial charge in [-0.05, 0) is 20.8 Å². The number of carbonyl (C=O) groups excluding carboxylic acids is 1. The van der Waals surface area contributed by atoms with Gasteiger partial charge in [0.15, 0.2) is 5.13 Å². The number of rotatable bonds is 2. The molecular weight excluding hydrogens is 250 g/mol. The zero-order valence-electron chi connectivity index (χ0n) is 11.1. The third-order valence-electron chi connectivity index (χ3n) is 3.09. The maximum absolute atomic E-state index is 11.6. The van der Waals surface area contributed by atoms with Gasteiger partial charge in [0.05, 0.1) is 12.3 Å². The second kappa shape index (κ2) is 5.56. The number of aryl methyl sites for hydroxylation is 2. The number of piperazine rings is 1. The molecule has 1 aromatic heterocycles. The van der Waals surface area contributed by atoms with Crippen molar-refractivity contribution in [1.29, 1.82) is 0 Å². The Hall–Kier alpha value is -1.30. The van der Waals surface area contributed by atoms with E-state index in [1.54, 1.807) is 16.2 Å². The van der Waals surface area contributed by atoms with Crippen LogP contribution in [-0.2, 0) is 4.74 Å². The van der Waals surface area contributed by atoms with Gasteiger partial charge in [0.25, 0.3) is 0 Å². The number of aromatic nitrogens is 1. The van der Waals surface area contributed by atoms with Crippen molar-refractivity contribution in [1.82, 2.24) is 9.88 Å². The summed E-state index contributed by atoms with van der Waals surface area (Å²) in [6, 6.07) is 0. The van der Waals surface area contributed by atoms with Crippen LogP contribution in [0.2, 0.25) is 0 Å². The largest absolute Gasteiger partial charge is 0.450 e. The van der Waals surface area contributed by atoms with Gasteiger partial charge in [-0.1, -0.05) is 0 Å². The topological polar surface area (TPSA) is 45.7 Å². The third kappa shape index (κ3) is 2.75. The molecule has 100 valence electrons. The van der Waals surface area contributed by atoms with Crippen molar-refractivity contribution >= 4 is 22.6 Å². The van der Waals surface area contributed by atoms with Crippen molar-refractivity contribution in [2.75, 3.05) is 37.7 Å². The predicted molar refractivity (Wildman–Crippen MR) is 72.4 cm³/mol. The molecule has 0 bridgehead atoms. The Balaban J connectivity index is 1.92. The number of amides is 1. The molecule has 0 N–H and O–H groups in total. The van der Waals surface area contributed by atoms with Gasteiger partial charge in [-0.25, -0.2) is 9.78 Å². The maximum Gasteiger partial charge on any atom is 0.409 e. The van der Waals surface area contributed by atoms with Gasteiger partial charge in [-0.3, -0.25) is 0 Å². The molecule has 2 rings (SSSR count). The Morgan fingerprint density at radius 3 is 2.50 bits per heavy atom. The second-order valence-electron chi connectivity index (χ2n) is 4.31. The highest BCUT2D eigenvalue weighted by atomic mass is 32.1. The van der Waals surface area contributed by atoms with E-state index in [1.165, 1.54) is 4.88 Å². The lowest BCUT2D eigenvalue weighted by atomic mass is 10.3. The van der Waals surface area contributed by atoms with Crippen LogP contribution < -0.4 is 4.90 Å². The van der Waals surface area contributed by atoms with Gasteiger partial charge >= 0.3 is 6.09 Å². The highest BCUT2D eigenvalue weighted by Gasteiger charge is 2.23. The fourth-order valence-corrected chi connectivity index (χ4v) is 2.85. The minimum Gasteiger partial charge on any atom is -0.450 e. The lowest BCUT2D eigenvalue weighted by Crippen LogP contribution is -2.49. The minimum atomic E-state index is -0.205. The molecule has 1 aliphatic rings. The minimum absolute atomic E-state index is 0.205. The molecule has 1 fully saturated rings. The van der Waals surface area contributed by atoms with Crippen LogP contribution >= 0.6 is 11.3 Å². The van der Waals surface area contributed by atoms with E-state index in [2.05, 4.69) is 16.8 Å². The Bertz CT molecular complexity index is 405. The molecule has 0 saturated carbocycles. The van der Waals surface area contributed by atoms with E-state index in [4.69, 9.17) is 4.74 Å². The highest BCUT2D eigenvalue weighted by Crippen LogP contribution is 2.25. The predicted octanol–water partition coefficient (Wildman–Crippen LogP) is 2.04. The Labute approximate surface area is 111 Å². The SMILES string of the molecule is CCOC(=O)N1CCN(c2nc(C)c(C)s2)CC1. The zero-order valence-corrected chi connectivity index (χ0v) is 11.9. The molecular formula is C12H19N3O2S. The van der Waals surface area contributed by atoms with Crippen LogP contribution in [0.4, 0.5) is 9.93 Å². The molecule has 0 aromatic carbocycles. The molecule has 18 heavy (non-hydrogen) atoms. The molecule has 1 aromatic rings. The fraction of sp³-hybridized carbons (Fsp3) is 0.667. The summed E-state index contributed by atoms with van der Waals surface area (Å²) in [5.74, 6) is 0. The molecule has 0 unspecified atom stereocenters. The second-order valence-corrected chi connectivity index (χ2v) is 5.49. The number of thiazole rings is 1. The Morgan fingerprint density at radius 1 is 1.33 bits per heavy atom. The van der Waals surface area contributed by atoms with Crippen LogP contribution in [0.25, 0.3) is 0 Å². The molecule has 1 saturated heterocycles. The quantitative estimate of drug-likeness (QED) is 0.824. The summed E-state index contributed by atoms with van der Waals surface area (Å²) in [5.41, 5.74) is 1.10. The Morgan fingerprint density at radius 2 is 2.00 bits per heavy atom. The standard InChI is InChI=1S/C12H19N3O2S/c1-4-17-12(16)15-7-5-14(6-8-15)11-13-9(2)10(3)18-11/h4-8H2,1-3H3. The fourth-order valence-electron chi connectivity index (χ4n) is 1.89. The highest BCUT2D eigenvalue weighted by molar-refractivity contribution is 7.15. The molecule has 5 nitrogen and oxygen atoms in total. The molecule has 1 aliphatic heterocycles. The van der Waals surface area contributed by atoms with E-state index < -0.39 is 0 Å². The first-order valence-corrected chi connectivity index (χ1v) is 7.04. The average molecular weight is 269 g/mol. The summed E-state index contributed by atoms with van der Waals surface area (Å²) in [6.45, 7) is 9.44. The number of carbonyl (C=O) groups is 1. The van der Waals surface area contributed by atoms with Crippen LogP contribution in [0.5, 0.6) is 0 Å². The number of nitrogens with zero attached hydrogens (tertiary/aromatic N) is 3. The summed E-state index contributed by atoms with van der Waals surface area (Å²) in [5, 5.41) is 1.06. The van der Waals surface area contributed by atoms with E-state index in [9.17, 15) is 4.79 Å². The lowest BCUT2D eigenvalue weighted by Gasteiger charge is -2.33. The summed E-state index contributed by atoms with van der Waals surface area (Å²) < 4.78 is 5.00. The summed E-state index contributed by atoms with van der Waals surface area (Å²) in [7, 11) is 0. The van der Waals surface area contributed by atoms with Crippen molar-refractivity contribution in [3.05, 3.63) is 10.6 Å². The van der Waals surface area contributed by atoms with Crippen molar-refractivity contribution in [3.63, 3.8) is 0 Å². The number of ether oxygens (including phenoxy) is 1. The van der Waals surface area contributed by atoms with E-state index >= 15 is 0 Å². The van der Waals surface area contributed by atoms with Gasteiger partial charge in [0, 0.05) is 31.1 Å². The molecule has 0 radical (unpaired) electrons. The van der Waals surface area contributed by atoms with Crippen LogP contribution in [0.1, 0.15) is 17.5 Å². The van der Waals surface area contributed by atoms with Gasteiger partial charge in [0.2, 0.25) is 0 Å². The lowest BCUT2D eigenvalue weighted by molar-refractivity contribution is 0.105. The van der Waals surface area contributed by atoms with Crippen LogP contribution in [-0.4, -0.2) is 48.8 Å². The van der Waals surface area contributed by atoms with Crippen molar-refractivity contribution in [3.8, 4) is 0 Å². The molecule has 0 spiro atoms. The molecule has 6 heteroatoms. The van der Waals surface area contributed by atoms with Gasteiger partial charge in [0.1, 0.15) is 0 Å². The van der Waals surface area contributed by atoms with Gasteiger partial charge in [-0.2, -0.15) is 0 Å². The van der Waals surface area contributed by atoms with Crippen molar-refractivity contribution in [2.45, 2.75) is 20.8 Å². The van der Waals surface area contributed by atoms with E-state index in [-0.39, 0.29) is 6.09 Å². The smallest absolute Gasteiger partial charge is 0.409 e. The number of hydrogen-bond acceptors (Lipinski definition) is 5.